The fourth-order valence-corrected chi connectivity index (χ4v) is 4.63. The maximum Gasteiger partial charge on any atom is 0.174 e. The standard InChI is InChI=1S/C27H29N5O2/c1-19-16-31(18-28-19)24-12-10-20(15-25(24)34-3)11-13-26-29-27-23(9-6-14-32(27)30-26)22-8-5-4-7-21(22)17-33-2/h4-5,7-8,10-13,15-16,18,23H,6,9,14,17H2,1-3H3/t23-/m0/s1. The summed E-state index contributed by atoms with van der Waals surface area (Å²) in [5.74, 6) is 2.76. The number of nitrogens with zero attached hydrogens (tertiary/aromatic N) is 5. The second-order valence-corrected chi connectivity index (χ2v) is 8.56. The number of methoxy groups -OCH3 is 2. The Hall–Kier alpha value is -3.71. The van der Waals surface area contributed by atoms with Gasteiger partial charge in [-0.2, -0.15) is 5.10 Å². The van der Waals surface area contributed by atoms with E-state index in [0.717, 1.165) is 53.7 Å². The van der Waals surface area contributed by atoms with Gasteiger partial charge in [0.1, 0.15) is 11.6 Å². The van der Waals surface area contributed by atoms with Crippen molar-refractivity contribution in [2.75, 3.05) is 14.2 Å². The minimum atomic E-state index is 0.229. The zero-order chi connectivity index (χ0) is 23.5. The number of ether oxygens (including phenoxy) is 2. The molecule has 3 heterocycles. The van der Waals surface area contributed by atoms with E-state index in [2.05, 4.69) is 40.0 Å². The lowest BCUT2D eigenvalue weighted by Gasteiger charge is -2.24. The molecule has 0 fully saturated rings. The van der Waals surface area contributed by atoms with Gasteiger partial charge in [-0.25, -0.2) is 14.6 Å². The summed E-state index contributed by atoms with van der Waals surface area (Å²) < 4.78 is 15.1. The molecule has 0 saturated heterocycles. The van der Waals surface area contributed by atoms with Crippen LogP contribution in [0.3, 0.4) is 0 Å². The van der Waals surface area contributed by atoms with Crippen LogP contribution < -0.4 is 4.74 Å². The molecular formula is C27H29N5O2. The Bertz CT molecular complexity index is 1320. The van der Waals surface area contributed by atoms with Gasteiger partial charge in [-0.3, -0.25) is 0 Å². The number of imidazole rings is 1. The van der Waals surface area contributed by atoms with Crippen molar-refractivity contribution in [1.82, 2.24) is 24.3 Å². The highest BCUT2D eigenvalue weighted by Crippen LogP contribution is 2.34. The van der Waals surface area contributed by atoms with Gasteiger partial charge in [-0.15, -0.1) is 0 Å². The average Bonchev–Trinajstić information content (AvgIpc) is 3.49. The number of rotatable bonds is 7. The maximum atomic E-state index is 5.63. The third-order valence-electron chi connectivity index (χ3n) is 6.24. The number of hydrogen-bond acceptors (Lipinski definition) is 5. The van der Waals surface area contributed by atoms with Crippen LogP contribution in [0, 0.1) is 6.92 Å². The average molecular weight is 456 g/mol. The lowest BCUT2D eigenvalue weighted by molar-refractivity contribution is 0.183. The molecule has 0 spiro atoms. The smallest absolute Gasteiger partial charge is 0.174 e. The van der Waals surface area contributed by atoms with E-state index < -0.39 is 0 Å². The zero-order valence-electron chi connectivity index (χ0n) is 19.8. The van der Waals surface area contributed by atoms with E-state index in [4.69, 9.17) is 19.6 Å². The molecule has 0 radical (unpaired) electrons. The highest BCUT2D eigenvalue weighted by Gasteiger charge is 2.27. The quantitative estimate of drug-likeness (QED) is 0.391. The maximum absolute atomic E-state index is 5.63. The first kappa shape index (κ1) is 22.1. The molecule has 1 aliphatic rings. The Morgan fingerprint density at radius 2 is 2.00 bits per heavy atom. The van der Waals surface area contributed by atoms with Crippen LogP contribution >= 0.6 is 0 Å². The summed E-state index contributed by atoms with van der Waals surface area (Å²) in [5, 5.41) is 4.77. The van der Waals surface area contributed by atoms with Crippen LogP contribution in [0.1, 0.15) is 52.8 Å². The lowest BCUT2D eigenvalue weighted by Crippen LogP contribution is -2.19. The first-order chi connectivity index (χ1) is 16.7. The Morgan fingerprint density at radius 3 is 2.79 bits per heavy atom. The van der Waals surface area contributed by atoms with Crippen LogP contribution in [0.25, 0.3) is 17.8 Å². The van der Waals surface area contributed by atoms with Crippen LogP contribution in [-0.4, -0.2) is 38.5 Å². The van der Waals surface area contributed by atoms with E-state index in [0.29, 0.717) is 6.61 Å². The molecular weight excluding hydrogens is 426 g/mol. The van der Waals surface area contributed by atoms with Crippen molar-refractivity contribution in [3.8, 4) is 11.4 Å². The molecule has 7 heteroatoms. The molecule has 1 atom stereocenters. The third-order valence-corrected chi connectivity index (χ3v) is 6.24. The van der Waals surface area contributed by atoms with Crippen molar-refractivity contribution in [2.45, 2.75) is 38.8 Å². The first-order valence-electron chi connectivity index (χ1n) is 11.5. The SMILES string of the molecule is COCc1ccccc1[C@@H]1CCCn2nc(C=Cc3ccc(-n4cnc(C)c4)c(OC)c3)nc21. The summed E-state index contributed by atoms with van der Waals surface area (Å²) in [4.78, 5) is 9.23. The topological polar surface area (TPSA) is 67.0 Å². The minimum absolute atomic E-state index is 0.229. The van der Waals surface area contributed by atoms with Crippen LogP contribution in [0.15, 0.2) is 55.0 Å². The molecule has 1 aliphatic heterocycles. The van der Waals surface area contributed by atoms with Gasteiger partial charge in [0, 0.05) is 25.8 Å². The molecule has 2 aromatic heterocycles. The largest absolute Gasteiger partial charge is 0.495 e. The van der Waals surface area contributed by atoms with E-state index in [1.165, 1.54) is 11.1 Å². The number of aryl methyl sites for hydroxylation is 2. The van der Waals surface area contributed by atoms with E-state index >= 15 is 0 Å². The van der Waals surface area contributed by atoms with Gasteiger partial charge in [-0.05, 0) is 54.7 Å². The normalized spacial score (nSPS) is 15.6. The number of aromatic nitrogens is 5. The molecule has 4 aromatic rings. The minimum Gasteiger partial charge on any atom is -0.495 e. The lowest BCUT2D eigenvalue weighted by atomic mass is 9.88. The monoisotopic (exact) mass is 455 g/mol. The van der Waals surface area contributed by atoms with Crippen molar-refractivity contribution in [2.24, 2.45) is 0 Å². The second kappa shape index (κ2) is 9.65. The Kier molecular flexibility index (Phi) is 6.27. The van der Waals surface area contributed by atoms with Crippen molar-refractivity contribution in [3.05, 3.63) is 89.0 Å². The van der Waals surface area contributed by atoms with Gasteiger partial charge in [0.25, 0.3) is 0 Å². The Labute approximate surface area is 199 Å². The summed E-state index contributed by atoms with van der Waals surface area (Å²) in [5.41, 5.74) is 5.43. The highest BCUT2D eigenvalue weighted by molar-refractivity contribution is 5.69. The number of hydrogen-bond donors (Lipinski definition) is 0. The third kappa shape index (κ3) is 4.39. The predicted molar refractivity (Wildman–Crippen MR) is 132 cm³/mol. The zero-order valence-corrected chi connectivity index (χ0v) is 19.8. The van der Waals surface area contributed by atoms with Gasteiger partial charge in [0.15, 0.2) is 5.82 Å². The molecule has 0 unspecified atom stereocenters. The summed E-state index contributed by atoms with van der Waals surface area (Å²) in [6.07, 6.45) is 9.92. The van der Waals surface area contributed by atoms with E-state index in [1.807, 2.05) is 42.0 Å². The molecule has 34 heavy (non-hydrogen) atoms. The fraction of sp³-hybridized carbons (Fsp3) is 0.296. The van der Waals surface area contributed by atoms with Gasteiger partial charge < -0.3 is 14.0 Å². The summed E-state index contributed by atoms with van der Waals surface area (Å²) >= 11 is 0. The van der Waals surface area contributed by atoms with Gasteiger partial charge in [-0.1, -0.05) is 36.4 Å². The summed E-state index contributed by atoms with van der Waals surface area (Å²) in [6.45, 7) is 3.47. The number of benzene rings is 2. The van der Waals surface area contributed by atoms with Gasteiger partial charge in [0.05, 0.1) is 31.4 Å². The first-order valence-corrected chi connectivity index (χ1v) is 11.5. The molecule has 0 N–H and O–H groups in total. The van der Waals surface area contributed by atoms with Crippen molar-refractivity contribution >= 4 is 12.2 Å². The molecule has 5 rings (SSSR count). The molecule has 0 saturated carbocycles. The van der Waals surface area contributed by atoms with Crippen LogP contribution in [0.2, 0.25) is 0 Å². The molecule has 0 bridgehead atoms. The van der Waals surface area contributed by atoms with E-state index in [1.54, 1.807) is 20.5 Å². The van der Waals surface area contributed by atoms with Crippen molar-refractivity contribution < 1.29 is 9.47 Å². The van der Waals surface area contributed by atoms with E-state index in [9.17, 15) is 0 Å². The Balaban J connectivity index is 1.41. The predicted octanol–water partition coefficient (Wildman–Crippen LogP) is 5.02. The van der Waals surface area contributed by atoms with Crippen LogP contribution in [0.5, 0.6) is 5.75 Å². The molecule has 0 amide bonds. The van der Waals surface area contributed by atoms with Crippen LogP contribution in [-0.2, 0) is 17.9 Å². The molecule has 7 nitrogen and oxygen atoms in total. The van der Waals surface area contributed by atoms with Crippen LogP contribution in [0.4, 0.5) is 0 Å². The van der Waals surface area contributed by atoms with Crippen molar-refractivity contribution in [3.63, 3.8) is 0 Å². The fourth-order valence-electron chi connectivity index (χ4n) is 4.63. The molecule has 0 aliphatic carbocycles. The van der Waals surface area contributed by atoms with Crippen molar-refractivity contribution in [1.29, 1.82) is 0 Å². The molecule has 2 aromatic carbocycles. The summed E-state index contributed by atoms with van der Waals surface area (Å²) in [7, 11) is 3.42. The second-order valence-electron chi connectivity index (χ2n) is 8.56. The van der Waals surface area contributed by atoms with Gasteiger partial charge in [0.2, 0.25) is 0 Å². The number of fused-ring (bicyclic) bond motifs is 1. The van der Waals surface area contributed by atoms with Gasteiger partial charge >= 0.3 is 0 Å². The Morgan fingerprint density at radius 1 is 1.12 bits per heavy atom. The highest BCUT2D eigenvalue weighted by atomic mass is 16.5. The molecule has 174 valence electrons. The van der Waals surface area contributed by atoms with E-state index in [-0.39, 0.29) is 5.92 Å². The summed E-state index contributed by atoms with van der Waals surface area (Å²) in [6, 6.07) is 14.6.